The molecule has 0 fully saturated rings. The van der Waals surface area contributed by atoms with Gasteiger partial charge in [-0.3, -0.25) is 14.6 Å². The molecule has 1 aromatic carbocycles. The Morgan fingerprint density at radius 2 is 1.79 bits per heavy atom. The molecule has 3 rings (SSSR count). The van der Waals surface area contributed by atoms with Crippen molar-refractivity contribution >= 4 is 17.5 Å². The molecule has 0 atom stereocenters. The van der Waals surface area contributed by atoms with Crippen molar-refractivity contribution in [3.63, 3.8) is 0 Å². The van der Waals surface area contributed by atoms with E-state index in [2.05, 4.69) is 28.6 Å². The highest BCUT2D eigenvalue weighted by Gasteiger charge is 2.12. The average molecular weight is 377 g/mol. The Morgan fingerprint density at radius 3 is 2.46 bits per heavy atom. The third-order valence-corrected chi connectivity index (χ3v) is 5.00. The highest BCUT2D eigenvalue weighted by Crippen LogP contribution is 2.19. The van der Waals surface area contributed by atoms with Crippen LogP contribution in [0, 0.1) is 0 Å². The predicted octanol–water partition coefficient (Wildman–Crippen LogP) is 4.52. The molecular weight excluding hydrogens is 350 g/mol. The maximum Gasteiger partial charge on any atom is 0.257 e. The standard InChI is InChI=1S/C23H27N3O2/c1-2-17-8-10-21(11-9-17)26-23(28)20-14-19(15-24-16-20)22(27)25-13-12-18-6-4-3-5-7-18/h6,8-11,14-16H,2-5,7,12-13H2,1H3,(H,25,27)(H,26,28). The monoisotopic (exact) mass is 377 g/mol. The van der Waals surface area contributed by atoms with Crippen LogP contribution < -0.4 is 10.6 Å². The van der Waals surface area contributed by atoms with E-state index in [1.54, 1.807) is 6.07 Å². The Kier molecular flexibility index (Phi) is 6.95. The number of carbonyl (C=O) groups is 2. The SMILES string of the molecule is CCc1ccc(NC(=O)c2cncc(C(=O)NCCC3=CCCCC3)c2)cc1. The first-order valence-electron chi connectivity index (χ1n) is 9.97. The fourth-order valence-corrected chi connectivity index (χ4v) is 3.29. The number of pyridine rings is 1. The van der Waals surface area contributed by atoms with Crippen molar-refractivity contribution in [1.29, 1.82) is 0 Å². The minimum Gasteiger partial charge on any atom is -0.352 e. The molecule has 1 aliphatic rings. The van der Waals surface area contributed by atoms with Crippen molar-refractivity contribution in [2.24, 2.45) is 0 Å². The lowest BCUT2D eigenvalue weighted by Gasteiger charge is -2.13. The van der Waals surface area contributed by atoms with Crippen LogP contribution in [0.25, 0.3) is 0 Å². The molecule has 0 saturated heterocycles. The summed E-state index contributed by atoms with van der Waals surface area (Å²) >= 11 is 0. The maximum atomic E-state index is 12.5. The molecule has 5 heteroatoms. The number of anilines is 1. The van der Waals surface area contributed by atoms with Crippen LogP contribution in [0.2, 0.25) is 0 Å². The minimum absolute atomic E-state index is 0.203. The summed E-state index contributed by atoms with van der Waals surface area (Å²) < 4.78 is 0. The average Bonchev–Trinajstić information content (AvgIpc) is 2.75. The molecule has 0 saturated carbocycles. The van der Waals surface area contributed by atoms with Crippen LogP contribution >= 0.6 is 0 Å². The summed E-state index contributed by atoms with van der Waals surface area (Å²) in [6.07, 6.45) is 11.9. The number of aromatic nitrogens is 1. The molecule has 0 aliphatic heterocycles. The second kappa shape index (κ2) is 9.83. The van der Waals surface area contributed by atoms with Crippen molar-refractivity contribution in [3.8, 4) is 0 Å². The number of hydrogen-bond acceptors (Lipinski definition) is 3. The molecule has 5 nitrogen and oxygen atoms in total. The van der Waals surface area contributed by atoms with Gasteiger partial charge in [0.25, 0.3) is 11.8 Å². The first-order chi connectivity index (χ1) is 13.7. The molecule has 1 aromatic heterocycles. The molecule has 1 aliphatic carbocycles. The minimum atomic E-state index is -0.279. The van der Waals surface area contributed by atoms with Gasteiger partial charge >= 0.3 is 0 Å². The fraction of sp³-hybridized carbons (Fsp3) is 0.348. The summed E-state index contributed by atoms with van der Waals surface area (Å²) in [6.45, 7) is 2.69. The second-order valence-corrected chi connectivity index (χ2v) is 7.08. The molecule has 146 valence electrons. The normalized spacial score (nSPS) is 13.5. The fourth-order valence-electron chi connectivity index (χ4n) is 3.29. The van der Waals surface area contributed by atoms with Crippen molar-refractivity contribution in [3.05, 3.63) is 71.1 Å². The zero-order valence-electron chi connectivity index (χ0n) is 16.3. The zero-order chi connectivity index (χ0) is 19.8. The van der Waals surface area contributed by atoms with Gasteiger partial charge in [-0.2, -0.15) is 0 Å². The first-order valence-corrected chi connectivity index (χ1v) is 9.97. The molecular formula is C23H27N3O2. The van der Waals surface area contributed by atoms with Crippen LogP contribution in [0.1, 0.15) is 65.3 Å². The van der Waals surface area contributed by atoms with Gasteiger partial charge in [-0.1, -0.05) is 30.7 Å². The molecule has 0 bridgehead atoms. The molecule has 28 heavy (non-hydrogen) atoms. The van der Waals surface area contributed by atoms with E-state index in [9.17, 15) is 9.59 Å². The van der Waals surface area contributed by atoms with Gasteiger partial charge < -0.3 is 10.6 Å². The van der Waals surface area contributed by atoms with Crippen LogP contribution in [0.3, 0.4) is 0 Å². The predicted molar refractivity (Wildman–Crippen MR) is 112 cm³/mol. The second-order valence-electron chi connectivity index (χ2n) is 7.08. The number of hydrogen-bond donors (Lipinski definition) is 2. The highest BCUT2D eigenvalue weighted by molar-refractivity contribution is 6.05. The van der Waals surface area contributed by atoms with Gasteiger partial charge in [0.2, 0.25) is 0 Å². The van der Waals surface area contributed by atoms with Gasteiger partial charge in [0.05, 0.1) is 11.1 Å². The van der Waals surface area contributed by atoms with Crippen molar-refractivity contribution < 1.29 is 9.59 Å². The Labute approximate surface area is 166 Å². The number of aryl methyl sites for hydroxylation is 1. The van der Waals surface area contributed by atoms with E-state index in [0.29, 0.717) is 17.7 Å². The topological polar surface area (TPSA) is 71.1 Å². The van der Waals surface area contributed by atoms with Crippen molar-refractivity contribution in [2.75, 3.05) is 11.9 Å². The summed E-state index contributed by atoms with van der Waals surface area (Å²) in [5.41, 5.74) is 4.11. The molecule has 2 N–H and O–H groups in total. The highest BCUT2D eigenvalue weighted by atomic mass is 16.2. The Balaban J connectivity index is 1.56. The maximum absolute atomic E-state index is 12.5. The Morgan fingerprint density at radius 1 is 1.04 bits per heavy atom. The smallest absolute Gasteiger partial charge is 0.257 e. The third kappa shape index (κ3) is 5.52. The van der Waals surface area contributed by atoms with E-state index in [1.807, 2.05) is 24.3 Å². The van der Waals surface area contributed by atoms with Crippen LogP contribution in [-0.2, 0) is 6.42 Å². The quantitative estimate of drug-likeness (QED) is 0.697. The molecule has 2 amide bonds. The summed E-state index contributed by atoms with van der Waals surface area (Å²) in [5.74, 6) is -0.482. The lowest BCUT2D eigenvalue weighted by molar-refractivity contribution is 0.0953. The summed E-state index contributed by atoms with van der Waals surface area (Å²) in [5, 5.41) is 5.77. The number of benzene rings is 1. The van der Waals surface area contributed by atoms with E-state index in [1.165, 1.54) is 36.4 Å². The largest absolute Gasteiger partial charge is 0.352 e. The van der Waals surface area contributed by atoms with E-state index in [0.717, 1.165) is 31.4 Å². The van der Waals surface area contributed by atoms with Crippen LogP contribution in [0.4, 0.5) is 5.69 Å². The zero-order valence-corrected chi connectivity index (χ0v) is 16.3. The lowest BCUT2D eigenvalue weighted by Crippen LogP contribution is -2.25. The van der Waals surface area contributed by atoms with Crippen LogP contribution in [0.5, 0.6) is 0 Å². The van der Waals surface area contributed by atoms with E-state index in [4.69, 9.17) is 0 Å². The molecule has 0 radical (unpaired) electrons. The Hall–Kier alpha value is -2.95. The van der Waals surface area contributed by atoms with Crippen molar-refractivity contribution in [1.82, 2.24) is 10.3 Å². The number of rotatable bonds is 7. The van der Waals surface area contributed by atoms with Gasteiger partial charge in [-0.25, -0.2) is 0 Å². The van der Waals surface area contributed by atoms with Crippen molar-refractivity contribution in [2.45, 2.75) is 45.4 Å². The van der Waals surface area contributed by atoms with Gasteiger partial charge in [0, 0.05) is 24.6 Å². The molecule has 0 unspecified atom stereocenters. The number of carbonyl (C=O) groups excluding carboxylic acids is 2. The number of nitrogens with zero attached hydrogens (tertiary/aromatic N) is 1. The van der Waals surface area contributed by atoms with Gasteiger partial charge in [0.1, 0.15) is 0 Å². The van der Waals surface area contributed by atoms with Gasteiger partial charge in [-0.15, -0.1) is 0 Å². The molecule has 0 spiro atoms. The third-order valence-electron chi connectivity index (χ3n) is 5.00. The van der Waals surface area contributed by atoms with Crippen LogP contribution in [0.15, 0.2) is 54.4 Å². The summed E-state index contributed by atoms with van der Waals surface area (Å²) in [7, 11) is 0. The lowest BCUT2D eigenvalue weighted by atomic mass is 9.97. The van der Waals surface area contributed by atoms with Gasteiger partial charge in [-0.05, 0) is 62.3 Å². The number of amides is 2. The summed E-state index contributed by atoms with van der Waals surface area (Å²) in [6, 6.07) is 9.30. The van der Waals surface area contributed by atoms with E-state index >= 15 is 0 Å². The number of allylic oxidation sites excluding steroid dienone is 1. The van der Waals surface area contributed by atoms with Crippen LogP contribution in [-0.4, -0.2) is 23.3 Å². The summed E-state index contributed by atoms with van der Waals surface area (Å²) in [4.78, 5) is 28.9. The van der Waals surface area contributed by atoms with E-state index < -0.39 is 0 Å². The van der Waals surface area contributed by atoms with Gasteiger partial charge in [0.15, 0.2) is 0 Å². The number of nitrogens with one attached hydrogen (secondary N) is 2. The Bertz CT molecular complexity index is 856. The first kappa shape index (κ1) is 19.8. The molecule has 1 heterocycles. The van der Waals surface area contributed by atoms with E-state index in [-0.39, 0.29) is 11.8 Å². The molecule has 2 aromatic rings.